The first-order chi connectivity index (χ1) is 13.8. The average Bonchev–Trinajstić information content (AvgIpc) is 2.99. The summed E-state index contributed by atoms with van der Waals surface area (Å²) >= 11 is 1.10. The first kappa shape index (κ1) is 22.8. The molecule has 1 aromatic heterocycles. The van der Waals surface area contributed by atoms with Gasteiger partial charge in [0.15, 0.2) is 5.78 Å². The van der Waals surface area contributed by atoms with Gasteiger partial charge in [-0.05, 0) is 37.8 Å². The van der Waals surface area contributed by atoms with Gasteiger partial charge in [0.2, 0.25) is 5.91 Å². The maximum atomic E-state index is 12.6. The molecule has 0 aliphatic carbocycles. The Labute approximate surface area is 175 Å². The highest BCUT2D eigenvalue weighted by molar-refractivity contribution is 7.18. The van der Waals surface area contributed by atoms with E-state index in [9.17, 15) is 14.4 Å². The number of nitrogens with one attached hydrogen (secondary N) is 2. The minimum atomic E-state index is -0.540. The maximum absolute atomic E-state index is 12.6. The number of ketones is 1. The molecule has 1 amide bonds. The van der Waals surface area contributed by atoms with E-state index in [0.717, 1.165) is 16.9 Å². The summed E-state index contributed by atoms with van der Waals surface area (Å²) in [6.45, 7) is 9.30. The molecule has 1 atom stereocenters. The van der Waals surface area contributed by atoms with Crippen LogP contribution in [0.2, 0.25) is 0 Å². The number of amides is 1. The van der Waals surface area contributed by atoms with Gasteiger partial charge in [0.05, 0.1) is 23.6 Å². The van der Waals surface area contributed by atoms with Gasteiger partial charge < -0.3 is 15.4 Å². The highest BCUT2D eigenvalue weighted by Gasteiger charge is 2.25. The number of hydrogen-bond acceptors (Lipinski definition) is 6. The van der Waals surface area contributed by atoms with Crippen molar-refractivity contribution in [2.45, 2.75) is 40.7 Å². The van der Waals surface area contributed by atoms with Crippen molar-refractivity contribution in [2.24, 2.45) is 5.92 Å². The van der Waals surface area contributed by atoms with Crippen LogP contribution >= 0.6 is 11.3 Å². The lowest BCUT2D eigenvalue weighted by molar-refractivity contribution is -0.115. The third-order valence-electron chi connectivity index (χ3n) is 4.51. The van der Waals surface area contributed by atoms with Crippen LogP contribution in [0.5, 0.6) is 0 Å². The Kier molecular flexibility index (Phi) is 8.10. The normalized spacial score (nSPS) is 11.9. The Morgan fingerprint density at radius 3 is 2.34 bits per heavy atom. The van der Waals surface area contributed by atoms with Crippen LogP contribution < -0.4 is 10.6 Å². The molecule has 0 aliphatic rings. The summed E-state index contributed by atoms with van der Waals surface area (Å²) in [7, 11) is 0. The first-order valence-corrected chi connectivity index (χ1v) is 10.5. The fourth-order valence-corrected chi connectivity index (χ4v) is 4.27. The Balaban J connectivity index is 2.16. The molecule has 0 spiro atoms. The predicted molar refractivity (Wildman–Crippen MR) is 116 cm³/mol. The van der Waals surface area contributed by atoms with Crippen LogP contribution in [0, 0.1) is 12.8 Å². The molecule has 0 fully saturated rings. The summed E-state index contributed by atoms with van der Waals surface area (Å²) in [5.74, 6) is -0.691. The molecule has 0 saturated carbocycles. The number of Topliss-reactive ketones (excluding diaryl/α,β-unsaturated/α-hetero) is 1. The van der Waals surface area contributed by atoms with Gasteiger partial charge in [-0.3, -0.25) is 9.59 Å². The van der Waals surface area contributed by atoms with Gasteiger partial charge in [-0.15, -0.1) is 11.3 Å². The van der Waals surface area contributed by atoms with Crippen molar-refractivity contribution < 1.29 is 19.1 Å². The van der Waals surface area contributed by atoms with E-state index < -0.39 is 5.97 Å². The molecule has 1 aromatic carbocycles. The summed E-state index contributed by atoms with van der Waals surface area (Å²) in [4.78, 5) is 37.3. The molecular formula is C22H28N2O4S. The summed E-state index contributed by atoms with van der Waals surface area (Å²) in [6.07, 6.45) is 0. The van der Waals surface area contributed by atoms with Gasteiger partial charge in [-0.25, -0.2) is 4.79 Å². The van der Waals surface area contributed by atoms with Gasteiger partial charge in [0.1, 0.15) is 5.00 Å². The molecule has 2 aromatic rings. The molecule has 2 rings (SSSR count). The van der Waals surface area contributed by atoms with Crippen LogP contribution in [-0.2, 0) is 9.53 Å². The van der Waals surface area contributed by atoms with Gasteiger partial charge in [-0.2, -0.15) is 0 Å². The third kappa shape index (κ3) is 5.74. The molecular weight excluding hydrogens is 388 g/mol. The monoisotopic (exact) mass is 416 g/mol. The number of ether oxygens (including phenoxy) is 1. The van der Waals surface area contributed by atoms with Crippen LogP contribution in [0.1, 0.15) is 64.9 Å². The minimum Gasteiger partial charge on any atom is -0.462 e. The standard InChI is InChI=1S/C22H28N2O4S/c1-6-28-22(27)18-14(4)20(15(5)25)29-21(18)24-17(26)12-23-19(13(2)3)16-10-8-7-9-11-16/h7-11,13,19,23H,6,12H2,1-5H3,(H,24,26)/t19-/m0/s1. The number of carbonyl (C=O) groups is 3. The molecule has 0 saturated heterocycles. The molecule has 156 valence electrons. The van der Waals surface area contributed by atoms with E-state index >= 15 is 0 Å². The Hall–Kier alpha value is -2.51. The van der Waals surface area contributed by atoms with Gasteiger partial charge in [0, 0.05) is 6.04 Å². The summed E-state index contributed by atoms with van der Waals surface area (Å²) < 4.78 is 5.10. The zero-order chi connectivity index (χ0) is 21.6. The topological polar surface area (TPSA) is 84.5 Å². The molecule has 6 nitrogen and oxygen atoms in total. The second-order valence-electron chi connectivity index (χ2n) is 7.10. The molecule has 0 aliphatic heterocycles. The molecule has 0 unspecified atom stereocenters. The van der Waals surface area contributed by atoms with Crippen molar-refractivity contribution >= 4 is 34.0 Å². The average molecular weight is 417 g/mol. The fourth-order valence-electron chi connectivity index (χ4n) is 3.16. The molecule has 7 heteroatoms. The Morgan fingerprint density at radius 1 is 1.14 bits per heavy atom. The van der Waals surface area contributed by atoms with Crippen LogP contribution in [0.25, 0.3) is 0 Å². The zero-order valence-electron chi connectivity index (χ0n) is 17.5. The number of anilines is 1. The summed E-state index contributed by atoms with van der Waals surface area (Å²) in [5, 5.41) is 6.40. The summed E-state index contributed by atoms with van der Waals surface area (Å²) in [6, 6.07) is 9.96. The number of thiophene rings is 1. The molecule has 0 bridgehead atoms. The van der Waals surface area contributed by atoms with Crippen molar-refractivity contribution in [3.8, 4) is 0 Å². The van der Waals surface area contributed by atoms with Crippen molar-refractivity contribution in [1.29, 1.82) is 0 Å². The van der Waals surface area contributed by atoms with E-state index in [0.29, 0.717) is 15.4 Å². The van der Waals surface area contributed by atoms with Crippen molar-refractivity contribution in [3.63, 3.8) is 0 Å². The summed E-state index contributed by atoms with van der Waals surface area (Å²) in [5.41, 5.74) is 1.89. The van der Waals surface area contributed by atoms with Crippen molar-refractivity contribution in [1.82, 2.24) is 5.32 Å². The highest BCUT2D eigenvalue weighted by Crippen LogP contribution is 2.34. The fraction of sp³-hybridized carbons (Fsp3) is 0.409. The van der Waals surface area contributed by atoms with E-state index in [1.54, 1.807) is 13.8 Å². The zero-order valence-corrected chi connectivity index (χ0v) is 18.3. The van der Waals surface area contributed by atoms with Crippen LogP contribution in [0.3, 0.4) is 0 Å². The van der Waals surface area contributed by atoms with E-state index in [2.05, 4.69) is 24.5 Å². The van der Waals surface area contributed by atoms with Crippen LogP contribution in [0.4, 0.5) is 5.00 Å². The second kappa shape index (κ2) is 10.3. The molecule has 0 radical (unpaired) electrons. The van der Waals surface area contributed by atoms with Gasteiger partial charge >= 0.3 is 5.97 Å². The third-order valence-corrected chi connectivity index (χ3v) is 5.82. The largest absolute Gasteiger partial charge is 0.462 e. The molecule has 29 heavy (non-hydrogen) atoms. The molecule has 2 N–H and O–H groups in total. The molecule has 1 heterocycles. The number of rotatable bonds is 9. The number of esters is 1. The number of carbonyl (C=O) groups excluding carboxylic acids is 3. The minimum absolute atomic E-state index is 0.0179. The van der Waals surface area contributed by atoms with E-state index in [1.165, 1.54) is 6.92 Å². The number of hydrogen-bond donors (Lipinski definition) is 2. The van der Waals surface area contributed by atoms with Crippen LogP contribution in [0.15, 0.2) is 30.3 Å². The first-order valence-electron chi connectivity index (χ1n) is 9.65. The van der Waals surface area contributed by atoms with E-state index in [1.807, 2.05) is 30.3 Å². The Bertz CT molecular complexity index is 874. The lowest BCUT2D eigenvalue weighted by atomic mass is 9.96. The predicted octanol–water partition coefficient (Wildman–Crippen LogP) is 4.36. The number of benzene rings is 1. The van der Waals surface area contributed by atoms with Crippen LogP contribution in [-0.4, -0.2) is 30.8 Å². The lowest BCUT2D eigenvalue weighted by Crippen LogP contribution is -2.33. The SMILES string of the molecule is CCOC(=O)c1c(NC(=O)CN[C@H](c2ccccc2)C(C)C)sc(C(C)=O)c1C. The maximum Gasteiger partial charge on any atom is 0.341 e. The Morgan fingerprint density at radius 2 is 1.79 bits per heavy atom. The van der Waals surface area contributed by atoms with Gasteiger partial charge in [-0.1, -0.05) is 44.2 Å². The van der Waals surface area contributed by atoms with Crippen molar-refractivity contribution in [2.75, 3.05) is 18.5 Å². The second-order valence-corrected chi connectivity index (χ2v) is 8.12. The van der Waals surface area contributed by atoms with E-state index in [-0.39, 0.29) is 42.4 Å². The highest BCUT2D eigenvalue weighted by atomic mass is 32.1. The quantitative estimate of drug-likeness (QED) is 0.469. The smallest absolute Gasteiger partial charge is 0.341 e. The van der Waals surface area contributed by atoms with Crippen molar-refractivity contribution in [3.05, 3.63) is 51.9 Å². The van der Waals surface area contributed by atoms with Gasteiger partial charge in [0.25, 0.3) is 0 Å². The lowest BCUT2D eigenvalue weighted by Gasteiger charge is -2.22. The van der Waals surface area contributed by atoms with E-state index in [4.69, 9.17) is 4.74 Å².